The molecule has 3 rings (SSSR count). The van der Waals surface area contributed by atoms with Crippen LogP contribution in [0.15, 0.2) is 40.8 Å². The average molecular weight is 302 g/mol. The third-order valence-electron chi connectivity index (χ3n) is 3.09. The van der Waals surface area contributed by atoms with E-state index in [1.54, 1.807) is 11.3 Å². The van der Waals surface area contributed by atoms with Crippen LogP contribution in [0.25, 0.3) is 21.0 Å². The lowest BCUT2D eigenvalue weighted by Crippen LogP contribution is -2.33. The van der Waals surface area contributed by atoms with E-state index in [1.165, 1.54) is 7.11 Å². The van der Waals surface area contributed by atoms with Gasteiger partial charge in [0.25, 0.3) is 0 Å². The zero-order valence-electron chi connectivity index (χ0n) is 11.4. The van der Waals surface area contributed by atoms with E-state index in [1.807, 2.05) is 36.4 Å². The largest absolute Gasteiger partial charge is 0.468 e. The van der Waals surface area contributed by atoms with E-state index in [0.29, 0.717) is 17.9 Å². The summed E-state index contributed by atoms with van der Waals surface area (Å²) in [4.78, 5) is 15.8. The summed E-state index contributed by atoms with van der Waals surface area (Å²) in [6.45, 7) is 0. The van der Waals surface area contributed by atoms with Crippen LogP contribution in [0.2, 0.25) is 0 Å². The number of methoxy groups -OCH3 is 1. The van der Waals surface area contributed by atoms with E-state index in [4.69, 9.17) is 10.2 Å². The Balaban J connectivity index is 1.82. The lowest BCUT2D eigenvalue weighted by molar-refractivity contribution is -0.142. The molecule has 0 fully saturated rings. The second kappa shape index (κ2) is 5.67. The Hall–Kier alpha value is -2.18. The highest BCUT2D eigenvalue weighted by Crippen LogP contribution is 2.31. The first-order chi connectivity index (χ1) is 10.2. The molecule has 21 heavy (non-hydrogen) atoms. The molecule has 0 bridgehead atoms. The molecule has 1 unspecified atom stereocenters. The molecule has 3 aromatic rings. The summed E-state index contributed by atoms with van der Waals surface area (Å²) in [5.74, 6) is 0.873. The van der Waals surface area contributed by atoms with Crippen LogP contribution in [0.4, 0.5) is 0 Å². The minimum Gasteiger partial charge on any atom is -0.468 e. The zero-order chi connectivity index (χ0) is 14.8. The Labute approximate surface area is 125 Å². The Bertz CT molecular complexity index is 745. The third kappa shape index (κ3) is 2.81. The van der Waals surface area contributed by atoms with Gasteiger partial charge in [-0.15, -0.1) is 11.3 Å². The Kier molecular flexibility index (Phi) is 3.72. The number of rotatable bonds is 4. The van der Waals surface area contributed by atoms with Crippen molar-refractivity contribution in [3.8, 4) is 10.8 Å². The number of carbonyl (C=O) groups is 1. The van der Waals surface area contributed by atoms with Gasteiger partial charge in [-0.2, -0.15) is 0 Å². The van der Waals surface area contributed by atoms with Gasteiger partial charge in [-0.05, 0) is 24.3 Å². The number of ether oxygens (including phenoxy) is 1. The molecule has 0 spiro atoms. The van der Waals surface area contributed by atoms with Crippen molar-refractivity contribution in [3.63, 3.8) is 0 Å². The van der Waals surface area contributed by atoms with Crippen molar-refractivity contribution < 1.29 is 13.9 Å². The Morgan fingerprint density at radius 1 is 1.38 bits per heavy atom. The first-order valence-corrected chi connectivity index (χ1v) is 7.27. The molecule has 2 N–H and O–H groups in total. The Morgan fingerprint density at radius 3 is 2.95 bits per heavy atom. The second-order valence-electron chi connectivity index (χ2n) is 4.59. The summed E-state index contributed by atoms with van der Waals surface area (Å²) in [6.07, 6.45) is 0.303. The molecule has 1 aromatic carbocycles. The van der Waals surface area contributed by atoms with Crippen molar-refractivity contribution in [2.24, 2.45) is 5.73 Å². The van der Waals surface area contributed by atoms with Gasteiger partial charge in [-0.1, -0.05) is 12.1 Å². The van der Waals surface area contributed by atoms with E-state index < -0.39 is 12.0 Å². The number of furan rings is 1. The van der Waals surface area contributed by atoms with Gasteiger partial charge in [0.05, 0.1) is 17.3 Å². The van der Waals surface area contributed by atoms with Crippen LogP contribution < -0.4 is 5.73 Å². The number of fused-ring (bicyclic) bond motifs is 1. The summed E-state index contributed by atoms with van der Waals surface area (Å²) in [5.41, 5.74) is 6.67. The molecule has 0 amide bonds. The first kappa shape index (κ1) is 13.8. The van der Waals surface area contributed by atoms with Gasteiger partial charge in [0.1, 0.15) is 11.8 Å². The molecule has 6 heteroatoms. The summed E-state index contributed by atoms with van der Waals surface area (Å²) >= 11 is 1.57. The van der Waals surface area contributed by atoms with Crippen LogP contribution in [0.3, 0.4) is 0 Å². The van der Waals surface area contributed by atoms with Crippen molar-refractivity contribution in [2.45, 2.75) is 12.5 Å². The smallest absolute Gasteiger partial charge is 0.323 e. The van der Waals surface area contributed by atoms with Crippen molar-refractivity contribution in [3.05, 3.63) is 42.2 Å². The lowest BCUT2D eigenvalue weighted by Gasteiger charge is -2.06. The number of benzene rings is 1. The SMILES string of the molecule is COC(=O)C(N)Cc1ccc(-c2nc3ccccc3s2)o1. The maximum atomic E-state index is 11.3. The lowest BCUT2D eigenvalue weighted by atomic mass is 10.2. The maximum Gasteiger partial charge on any atom is 0.323 e. The molecular formula is C15H14N2O3S. The van der Waals surface area contributed by atoms with E-state index in [2.05, 4.69) is 9.72 Å². The fourth-order valence-corrected chi connectivity index (χ4v) is 2.96. The van der Waals surface area contributed by atoms with E-state index >= 15 is 0 Å². The summed E-state index contributed by atoms with van der Waals surface area (Å²) in [6, 6.07) is 10.9. The molecule has 0 radical (unpaired) electrons. The van der Waals surface area contributed by atoms with Crippen LogP contribution >= 0.6 is 11.3 Å². The van der Waals surface area contributed by atoms with Crippen molar-refractivity contribution >= 4 is 27.5 Å². The molecule has 0 aliphatic rings. The van der Waals surface area contributed by atoms with Gasteiger partial charge in [-0.25, -0.2) is 4.98 Å². The predicted molar refractivity (Wildman–Crippen MR) is 81.0 cm³/mol. The molecule has 0 aliphatic heterocycles. The predicted octanol–water partition coefficient (Wildman–Crippen LogP) is 2.60. The van der Waals surface area contributed by atoms with E-state index in [-0.39, 0.29) is 0 Å². The number of nitrogens with zero attached hydrogens (tertiary/aromatic N) is 1. The number of thiazole rings is 1. The number of esters is 1. The van der Waals surface area contributed by atoms with E-state index in [9.17, 15) is 4.79 Å². The summed E-state index contributed by atoms with van der Waals surface area (Å²) in [7, 11) is 1.32. The molecular weight excluding hydrogens is 288 g/mol. The van der Waals surface area contributed by atoms with Crippen molar-refractivity contribution in [2.75, 3.05) is 7.11 Å². The van der Waals surface area contributed by atoms with Gasteiger partial charge >= 0.3 is 5.97 Å². The second-order valence-corrected chi connectivity index (χ2v) is 5.62. The average Bonchev–Trinajstić information content (AvgIpc) is 3.12. The van der Waals surface area contributed by atoms with E-state index in [0.717, 1.165) is 15.2 Å². The number of para-hydroxylation sites is 1. The van der Waals surface area contributed by atoms with Crippen LogP contribution in [-0.4, -0.2) is 24.1 Å². The normalized spacial score (nSPS) is 12.5. The highest BCUT2D eigenvalue weighted by atomic mass is 32.1. The van der Waals surface area contributed by atoms with Gasteiger partial charge in [0.15, 0.2) is 10.8 Å². The highest BCUT2D eigenvalue weighted by molar-refractivity contribution is 7.21. The van der Waals surface area contributed by atoms with Gasteiger partial charge in [-0.3, -0.25) is 4.79 Å². The minimum atomic E-state index is -0.718. The quantitative estimate of drug-likeness (QED) is 0.749. The Morgan fingerprint density at radius 2 is 2.19 bits per heavy atom. The van der Waals surface area contributed by atoms with Gasteiger partial charge in [0.2, 0.25) is 0 Å². The fraction of sp³-hybridized carbons (Fsp3) is 0.200. The van der Waals surface area contributed by atoms with Crippen molar-refractivity contribution in [1.82, 2.24) is 4.98 Å². The summed E-state index contributed by atoms with van der Waals surface area (Å²) < 4.78 is 11.4. The summed E-state index contributed by atoms with van der Waals surface area (Å²) in [5, 5.41) is 0.814. The third-order valence-corrected chi connectivity index (χ3v) is 4.14. The standard InChI is InChI=1S/C15H14N2O3S/c1-19-15(18)10(16)8-9-6-7-12(20-9)14-17-11-4-2-3-5-13(11)21-14/h2-7,10H,8,16H2,1H3. The monoisotopic (exact) mass is 302 g/mol. The van der Waals surface area contributed by atoms with Gasteiger partial charge < -0.3 is 14.9 Å². The number of hydrogen-bond donors (Lipinski definition) is 1. The zero-order valence-corrected chi connectivity index (χ0v) is 12.2. The molecule has 108 valence electrons. The molecule has 5 nitrogen and oxygen atoms in total. The van der Waals surface area contributed by atoms with Crippen LogP contribution in [-0.2, 0) is 16.0 Å². The molecule has 0 aliphatic carbocycles. The van der Waals surface area contributed by atoms with Crippen LogP contribution in [0.5, 0.6) is 0 Å². The first-order valence-electron chi connectivity index (χ1n) is 6.45. The molecule has 2 aromatic heterocycles. The maximum absolute atomic E-state index is 11.3. The molecule has 0 saturated carbocycles. The number of hydrogen-bond acceptors (Lipinski definition) is 6. The van der Waals surface area contributed by atoms with Gasteiger partial charge in [0, 0.05) is 6.42 Å². The van der Waals surface area contributed by atoms with Crippen LogP contribution in [0, 0.1) is 0 Å². The fourth-order valence-electron chi connectivity index (χ4n) is 2.03. The molecule has 2 heterocycles. The molecule has 0 saturated heterocycles. The topological polar surface area (TPSA) is 78.4 Å². The number of aromatic nitrogens is 1. The number of carbonyl (C=O) groups excluding carboxylic acids is 1. The highest BCUT2D eigenvalue weighted by Gasteiger charge is 2.17. The molecule has 1 atom stereocenters. The van der Waals surface area contributed by atoms with Crippen molar-refractivity contribution in [1.29, 1.82) is 0 Å². The van der Waals surface area contributed by atoms with Crippen LogP contribution in [0.1, 0.15) is 5.76 Å². The minimum absolute atomic E-state index is 0.303. The number of nitrogens with two attached hydrogens (primary N) is 1.